The molecule has 3 aliphatic rings. The van der Waals surface area contributed by atoms with Crippen LogP contribution in [0.15, 0.2) is 42.7 Å². The number of hydrogen-bond donors (Lipinski definition) is 2. The van der Waals surface area contributed by atoms with Crippen LogP contribution < -0.4 is 15.5 Å². The van der Waals surface area contributed by atoms with Crippen LogP contribution in [0.4, 0.5) is 17.3 Å². The van der Waals surface area contributed by atoms with Gasteiger partial charge in [0, 0.05) is 31.9 Å². The van der Waals surface area contributed by atoms with E-state index in [0.29, 0.717) is 5.65 Å². The van der Waals surface area contributed by atoms with Crippen molar-refractivity contribution in [2.45, 2.75) is 38.1 Å². The molecule has 0 saturated carbocycles. The van der Waals surface area contributed by atoms with Gasteiger partial charge in [0.05, 0.1) is 29.2 Å². The number of aryl methyl sites for hydroxylation is 1. The van der Waals surface area contributed by atoms with Gasteiger partial charge in [0.25, 0.3) is 0 Å². The third kappa shape index (κ3) is 3.11. The number of aromatic nitrogens is 5. The summed E-state index contributed by atoms with van der Waals surface area (Å²) in [7, 11) is 0. The predicted molar refractivity (Wildman–Crippen MR) is 137 cm³/mol. The summed E-state index contributed by atoms with van der Waals surface area (Å²) in [5.74, 6) is 1.66. The second-order valence-corrected chi connectivity index (χ2v) is 10.2. The van der Waals surface area contributed by atoms with Gasteiger partial charge in [0.1, 0.15) is 5.82 Å². The summed E-state index contributed by atoms with van der Waals surface area (Å²) >= 11 is 0. The molecule has 9 nitrogen and oxygen atoms in total. The van der Waals surface area contributed by atoms with Crippen LogP contribution in [0, 0.1) is 16.7 Å². The molecular formula is C27H27N9. The molecule has 0 bridgehead atoms. The van der Waals surface area contributed by atoms with E-state index in [1.165, 1.54) is 0 Å². The molecule has 7 rings (SSSR count). The molecule has 36 heavy (non-hydrogen) atoms. The van der Waals surface area contributed by atoms with Gasteiger partial charge in [0.2, 0.25) is 0 Å². The molecule has 1 saturated heterocycles. The Bertz CT molecular complexity index is 1510. The lowest BCUT2D eigenvalue weighted by molar-refractivity contribution is 0.187. The third-order valence-corrected chi connectivity index (χ3v) is 8.39. The van der Waals surface area contributed by atoms with Gasteiger partial charge < -0.3 is 15.5 Å². The standard InChI is InChI=1S/C27H27N9/c28-15-17-4-1-5-18-19(17)14-27(24(18)29)8-12-35(13-9-27)22-16-31-23-25(32-22)33-34-26(23)36-11-3-6-20-21(36)7-2-10-30-20/h1-2,4-5,7,10,16,24H,3,6,8-9,11-14,29H2,(H,32,33,34)/t24-/m1/s1. The molecule has 9 heteroatoms. The lowest BCUT2D eigenvalue weighted by Gasteiger charge is -2.42. The topological polar surface area (TPSA) is 124 Å². The number of anilines is 3. The van der Waals surface area contributed by atoms with Gasteiger partial charge in [-0.15, -0.1) is 0 Å². The zero-order valence-electron chi connectivity index (χ0n) is 20.0. The van der Waals surface area contributed by atoms with E-state index in [1.54, 1.807) is 0 Å². The van der Waals surface area contributed by atoms with Crippen LogP contribution in [0.25, 0.3) is 11.2 Å². The first-order valence-electron chi connectivity index (χ1n) is 12.6. The number of pyridine rings is 1. The number of benzene rings is 1. The molecule has 1 aliphatic carbocycles. The van der Waals surface area contributed by atoms with Crippen molar-refractivity contribution in [3.63, 3.8) is 0 Å². The van der Waals surface area contributed by atoms with E-state index in [2.05, 4.69) is 43.2 Å². The smallest absolute Gasteiger partial charge is 0.183 e. The van der Waals surface area contributed by atoms with Crippen molar-refractivity contribution in [2.75, 3.05) is 29.4 Å². The first-order chi connectivity index (χ1) is 17.7. The van der Waals surface area contributed by atoms with Crippen LogP contribution in [0.2, 0.25) is 0 Å². The zero-order chi connectivity index (χ0) is 24.3. The molecule has 3 aromatic heterocycles. The number of nitriles is 1. The average Bonchev–Trinajstić information content (AvgIpc) is 3.47. The minimum absolute atomic E-state index is 0.000161. The molecule has 0 amide bonds. The number of aromatic amines is 1. The van der Waals surface area contributed by atoms with Gasteiger partial charge >= 0.3 is 0 Å². The predicted octanol–water partition coefficient (Wildman–Crippen LogP) is 3.55. The van der Waals surface area contributed by atoms with Crippen LogP contribution in [-0.4, -0.2) is 44.8 Å². The second-order valence-electron chi connectivity index (χ2n) is 10.2. The molecule has 1 atom stereocenters. The molecule has 2 aliphatic heterocycles. The first-order valence-corrected chi connectivity index (χ1v) is 12.6. The van der Waals surface area contributed by atoms with E-state index in [4.69, 9.17) is 15.7 Å². The zero-order valence-corrected chi connectivity index (χ0v) is 20.0. The largest absolute Gasteiger partial charge is 0.355 e. The van der Waals surface area contributed by atoms with Crippen molar-refractivity contribution >= 4 is 28.5 Å². The highest BCUT2D eigenvalue weighted by Crippen LogP contribution is 2.51. The van der Waals surface area contributed by atoms with Crippen molar-refractivity contribution in [2.24, 2.45) is 11.1 Å². The Morgan fingerprint density at radius 1 is 1.11 bits per heavy atom. The number of fused-ring (bicyclic) bond motifs is 3. The minimum Gasteiger partial charge on any atom is -0.355 e. The number of rotatable bonds is 2. The fraction of sp³-hybridized carbons (Fsp3) is 0.370. The van der Waals surface area contributed by atoms with Gasteiger partial charge in [0.15, 0.2) is 17.0 Å². The van der Waals surface area contributed by atoms with E-state index in [9.17, 15) is 5.26 Å². The van der Waals surface area contributed by atoms with Crippen LogP contribution in [0.3, 0.4) is 0 Å². The lowest BCUT2D eigenvalue weighted by atomic mass is 9.73. The number of hydrogen-bond acceptors (Lipinski definition) is 8. The van der Waals surface area contributed by atoms with Crippen molar-refractivity contribution in [1.29, 1.82) is 5.26 Å². The van der Waals surface area contributed by atoms with E-state index in [0.717, 1.165) is 97.0 Å². The summed E-state index contributed by atoms with van der Waals surface area (Å²) in [4.78, 5) is 18.7. The SMILES string of the molecule is N#Cc1cccc2c1CC1(CCN(c3cnc4c(N5CCCc6ncccc65)n[nH]c4n3)CC1)[C@@H]2N. The Kier molecular flexibility index (Phi) is 4.73. The number of nitrogens with zero attached hydrogens (tertiary/aromatic N) is 7. The van der Waals surface area contributed by atoms with Crippen LogP contribution in [0.5, 0.6) is 0 Å². The van der Waals surface area contributed by atoms with Crippen molar-refractivity contribution in [3.05, 3.63) is 65.1 Å². The van der Waals surface area contributed by atoms with Crippen molar-refractivity contribution in [3.8, 4) is 6.07 Å². The first kappa shape index (κ1) is 21.3. The number of nitrogens with one attached hydrogen (secondary N) is 1. The van der Waals surface area contributed by atoms with Gasteiger partial charge in [-0.25, -0.2) is 9.97 Å². The van der Waals surface area contributed by atoms with Gasteiger partial charge in [-0.3, -0.25) is 10.1 Å². The summed E-state index contributed by atoms with van der Waals surface area (Å²) in [5, 5.41) is 17.3. The average molecular weight is 478 g/mol. The molecule has 1 spiro atoms. The molecule has 4 aromatic rings. The molecule has 3 N–H and O–H groups in total. The van der Waals surface area contributed by atoms with Gasteiger partial charge in [-0.05, 0) is 66.8 Å². The molecular weight excluding hydrogens is 450 g/mol. The van der Waals surface area contributed by atoms with Crippen LogP contribution >= 0.6 is 0 Å². The second kappa shape index (κ2) is 8.00. The molecule has 0 radical (unpaired) electrons. The molecule has 5 heterocycles. The summed E-state index contributed by atoms with van der Waals surface area (Å²) in [6, 6.07) is 12.3. The Morgan fingerprint density at radius 3 is 2.86 bits per heavy atom. The third-order valence-electron chi connectivity index (χ3n) is 8.39. The fourth-order valence-electron chi connectivity index (χ4n) is 6.39. The summed E-state index contributed by atoms with van der Waals surface area (Å²) in [5.41, 5.74) is 13.5. The lowest BCUT2D eigenvalue weighted by Crippen LogP contribution is -2.44. The molecule has 1 aromatic carbocycles. The van der Waals surface area contributed by atoms with Crippen molar-refractivity contribution < 1.29 is 0 Å². The maximum absolute atomic E-state index is 9.56. The fourth-order valence-corrected chi connectivity index (χ4v) is 6.39. The van der Waals surface area contributed by atoms with Gasteiger partial charge in [-0.1, -0.05) is 12.1 Å². The van der Waals surface area contributed by atoms with E-state index in [-0.39, 0.29) is 11.5 Å². The maximum atomic E-state index is 9.56. The minimum atomic E-state index is -0.0337. The van der Waals surface area contributed by atoms with Crippen molar-refractivity contribution in [1.82, 2.24) is 25.1 Å². The van der Waals surface area contributed by atoms with Gasteiger partial charge in [-0.2, -0.15) is 10.4 Å². The van der Waals surface area contributed by atoms with E-state index < -0.39 is 0 Å². The molecule has 1 fully saturated rings. The van der Waals surface area contributed by atoms with E-state index in [1.807, 2.05) is 30.6 Å². The molecule has 0 unspecified atom stereocenters. The Balaban J connectivity index is 1.13. The normalized spacial score (nSPS) is 20.4. The molecule has 180 valence electrons. The maximum Gasteiger partial charge on any atom is 0.183 e. The van der Waals surface area contributed by atoms with Crippen LogP contribution in [0.1, 0.15) is 47.7 Å². The number of nitrogens with two attached hydrogens (primary N) is 1. The Labute approximate surface area is 209 Å². The summed E-state index contributed by atoms with van der Waals surface area (Å²) in [6.07, 6.45) is 8.51. The Morgan fingerprint density at radius 2 is 2.00 bits per heavy atom. The highest BCUT2D eigenvalue weighted by Gasteiger charge is 2.46. The Hall–Kier alpha value is -4.03. The van der Waals surface area contributed by atoms with Crippen LogP contribution in [-0.2, 0) is 12.8 Å². The number of H-pyrrole nitrogens is 1. The van der Waals surface area contributed by atoms with E-state index >= 15 is 0 Å². The monoisotopic (exact) mass is 477 g/mol. The summed E-state index contributed by atoms with van der Waals surface area (Å²) < 4.78 is 0. The highest BCUT2D eigenvalue weighted by molar-refractivity contribution is 5.87. The number of piperidine rings is 1. The quantitative estimate of drug-likeness (QED) is 0.449. The summed E-state index contributed by atoms with van der Waals surface area (Å²) in [6.45, 7) is 2.60. The highest BCUT2D eigenvalue weighted by atomic mass is 15.3.